The fraction of sp³-hybridized carbons (Fsp3) is 0.130. The second-order valence-corrected chi connectivity index (χ2v) is 10.1. The number of hydrogen-bond acceptors (Lipinski definition) is 9. The largest absolute Gasteiger partial charge is 0.506 e. The van der Waals surface area contributed by atoms with Crippen LogP contribution in [0.1, 0.15) is 37.6 Å². The number of amides is 2. The van der Waals surface area contributed by atoms with Crippen LogP contribution < -0.4 is 15.5 Å². The quantitative estimate of drug-likeness (QED) is 0.190. The van der Waals surface area contributed by atoms with E-state index in [0.29, 0.717) is 53.2 Å². The summed E-state index contributed by atoms with van der Waals surface area (Å²) in [5.41, 5.74) is 4.04. The number of benzene rings is 1. The molecule has 0 aliphatic carbocycles. The van der Waals surface area contributed by atoms with Gasteiger partial charge in [-0.05, 0) is 41.9 Å². The number of aromatic nitrogens is 1. The average molecular weight is 565 g/mol. The standard InChI is InChI=1S/C23H18Cl2N4O5S2/c1-11(14-10-35-21(20(14)30)12-3-4-15(24)16(25)7-12)27-28-23(32)18-6-5-17(36-18)22(31)26-9-13-8-19(33-2)29-34-13/h3-8,10,30H,9H2,1-2H3,(H,26,31)(H,28,32)/b27-11+. The van der Waals surface area contributed by atoms with Crippen LogP contribution in [0.15, 0.2) is 51.4 Å². The second kappa shape index (κ2) is 11.1. The Balaban J connectivity index is 1.38. The van der Waals surface area contributed by atoms with Gasteiger partial charge in [0.1, 0.15) is 5.75 Å². The first-order valence-corrected chi connectivity index (χ1v) is 12.7. The van der Waals surface area contributed by atoms with Crippen molar-refractivity contribution in [3.05, 3.63) is 72.9 Å². The lowest BCUT2D eigenvalue weighted by atomic mass is 10.1. The Kier molecular flexibility index (Phi) is 7.94. The predicted octanol–water partition coefficient (Wildman–Crippen LogP) is 5.57. The highest BCUT2D eigenvalue weighted by Gasteiger charge is 2.17. The molecule has 0 saturated carbocycles. The summed E-state index contributed by atoms with van der Waals surface area (Å²) in [5.74, 6) is -0.0941. The molecule has 186 valence electrons. The lowest BCUT2D eigenvalue weighted by Crippen LogP contribution is -2.21. The summed E-state index contributed by atoms with van der Waals surface area (Å²) in [6.45, 7) is 1.78. The molecule has 0 fully saturated rings. The Bertz CT molecular complexity index is 1460. The molecule has 0 unspecified atom stereocenters. The Morgan fingerprint density at radius 3 is 2.58 bits per heavy atom. The molecule has 3 N–H and O–H groups in total. The van der Waals surface area contributed by atoms with E-state index in [0.717, 1.165) is 11.3 Å². The van der Waals surface area contributed by atoms with Crippen LogP contribution in [0.5, 0.6) is 11.6 Å². The van der Waals surface area contributed by atoms with Crippen molar-refractivity contribution in [3.63, 3.8) is 0 Å². The minimum absolute atomic E-state index is 0.0216. The first-order valence-electron chi connectivity index (χ1n) is 10.2. The zero-order valence-electron chi connectivity index (χ0n) is 18.8. The van der Waals surface area contributed by atoms with E-state index in [1.807, 2.05) is 0 Å². The molecule has 0 saturated heterocycles. The monoisotopic (exact) mass is 564 g/mol. The Morgan fingerprint density at radius 1 is 1.14 bits per heavy atom. The summed E-state index contributed by atoms with van der Waals surface area (Å²) in [6.07, 6.45) is 0. The third-order valence-electron chi connectivity index (χ3n) is 4.88. The van der Waals surface area contributed by atoms with Crippen LogP contribution in [0.4, 0.5) is 0 Å². The molecule has 4 aromatic rings. The summed E-state index contributed by atoms with van der Waals surface area (Å²) < 4.78 is 9.95. The molecule has 4 rings (SSSR count). The molecule has 9 nitrogen and oxygen atoms in total. The number of ether oxygens (including phenoxy) is 1. The van der Waals surface area contributed by atoms with Gasteiger partial charge in [-0.2, -0.15) is 5.10 Å². The third kappa shape index (κ3) is 5.71. The predicted molar refractivity (Wildman–Crippen MR) is 140 cm³/mol. The van der Waals surface area contributed by atoms with Crippen molar-refractivity contribution in [2.24, 2.45) is 5.10 Å². The van der Waals surface area contributed by atoms with Gasteiger partial charge in [0, 0.05) is 11.4 Å². The number of rotatable bonds is 8. The van der Waals surface area contributed by atoms with Gasteiger partial charge >= 0.3 is 0 Å². The minimum Gasteiger partial charge on any atom is -0.506 e. The van der Waals surface area contributed by atoms with E-state index in [9.17, 15) is 14.7 Å². The maximum atomic E-state index is 12.5. The second-order valence-electron chi connectivity index (χ2n) is 7.28. The van der Waals surface area contributed by atoms with Crippen LogP contribution in [0.25, 0.3) is 10.4 Å². The fourth-order valence-corrected chi connectivity index (χ4v) is 5.12. The molecule has 2 amide bonds. The van der Waals surface area contributed by atoms with Crippen molar-refractivity contribution in [1.82, 2.24) is 15.9 Å². The summed E-state index contributed by atoms with van der Waals surface area (Å²) in [6, 6.07) is 9.71. The molecule has 0 atom stereocenters. The number of aromatic hydroxyl groups is 1. The van der Waals surface area contributed by atoms with Gasteiger partial charge in [0.2, 0.25) is 0 Å². The van der Waals surface area contributed by atoms with Gasteiger partial charge in [-0.25, -0.2) is 5.43 Å². The van der Waals surface area contributed by atoms with Crippen molar-refractivity contribution in [1.29, 1.82) is 0 Å². The number of hydrogen-bond donors (Lipinski definition) is 3. The molecule has 0 radical (unpaired) electrons. The van der Waals surface area contributed by atoms with Gasteiger partial charge in [0.25, 0.3) is 17.7 Å². The van der Waals surface area contributed by atoms with Gasteiger partial charge < -0.3 is 19.7 Å². The van der Waals surface area contributed by atoms with Crippen molar-refractivity contribution in [2.75, 3.05) is 7.11 Å². The summed E-state index contributed by atoms with van der Waals surface area (Å²) in [5, 5.41) is 23.7. The van der Waals surface area contributed by atoms with Gasteiger partial charge in [0.05, 0.1) is 49.6 Å². The number of carbonyl (C=O) groups is 2. The van der Waals surface area contributed by atoms with Crippen LogP contribution in [0.3, 0.4) is 0 Å². The number of halogens is 2. The first-order chi connectivity index (χ1) is 17.3. The van der Waals surface area contributed by atoms with Gasteiger partial charge in [-0.1, -0.05) is 29.3 Å². The first kappa shape index (κ1) is 25.7. The third-order valence-corrected chi connectivity index (χ3v) is 7.72. The number of nitrogens with zero attached hydrogens (tertiary/aromatic N) is 2. The van der Waals surface area contributed by atoms with E-state index in [4.69, 9.17) is 32.5 Å². The lowest BCUT2D eigenvalue weighted by molar-refractivity contribution is 0.0947. The molecule has 3 aromatic heterocycles. The van der Waals surface area contributed by atoms with Crippen molar-refractivity contribution >= 4 is 63.4 Å². The van der Waals surface area contributed by atoms with Crippen LogP contribution >= 0.6 is 45.9 Å². The highest BCUT2D eigenvalue weighted by molar-refractivity contribution is 7.16. The Morgan fingerprint density at radius 2 is 1.89 bits per heavy atom. The molecule has 0 bridgehead atoms. The lowest BCUT2D eigenvalue weighted by Gasteiger charge is -2.04. The normalized spacial score (nSPS) is 11.4. The highest BCUT2D eigenvalue weighted by atomic mass is 35.5. The van der Waals surface area contributed by atoms with Gasteiger partial charge in [-0.3, -0.25) is 9.59 Å². The zero-order chi connectivity index (χ0) is 25.8. The number of thiophene rings is 2. The van der Waals surface area contributed by atoms with Crippen LogP contribution in [0, 0.1) is 0 Å². The highest BCUT2D eigenvalue weighted by Crippen LogP contribution is 2.40. The van der Waals surface area contributed by atoms with Crippen molar-refractivity contribution in [2.45, 2.75) is 13.5 Å². The van der Waals surface area contributed by atoms with Gasteiger partial charge in [0.15, 0.2) is 5.76 Å². The van der Waals surface area contributed by atoms with E-state index < -0.39 is 5.91 Å². The number of carbonyl (C=O) groups excluding carboxylic acids is 2. The number of nitrogens with one attached hydrogen (secondary N) is 2. The molecule has 36 heavy (non-hydrogen) atoms. The molecular weight excluding hydrogens is 547 g/mol. The van der Waals surface area contributed by atoms with E-state index in [1.165, 1.54) is 24.5 Å². The summed E-state index contributed by atoms with van der Waals surface area (Å²) >= 11 is 14.4. The SMILES string of the molecule is COc1cc(CNC(=O)c2ccc(C(=O)N/N=C(\C)c3csc(-c4ccc(Cl)c(Cl)c4)c3O)s2)on1. The fourth-order valence-electron chi connectivity index (χ4n) is 3.01. The minimum atomic E-state index is -0.488. The molecule has 0 aliphatic heterocycles. The van der Waals surface area contributed by atoms with Crippen molar-refractivity contribution < 1.29 is 24.0 Å². The molecule has 1 aromatic carbocycles. The zero-order valence-corrected chi connectivity index (χ0v) is 21.9. The van der Waals surface area contributed by atoms with Crippen LogP contribution in [0.2, 0.25) is 10.0 Å². The van der Waals surface area contributed by atoms with E-state index in [-0.39, 0.29) is 18.2 Å². The smallest absolute Gasteiger partial charge is 0.281 e. The molecule has 3 heterocycles. The van der Waals surface area contributed by atoms with E-state index in [1.54, 1.807) is 42.6 Å². The van der Waals surface area contributed by atoms with E-state index >= 15 is 0 Å². The molecular formula is C23H18Cl2N4O5S2. The van der Waals surface area contributed by atoms with Crippen molar-refractivity contribution in [3.8, 4) is 22.1 Å². The number of hydrazone groups is 1. The van der Waals surface area contributed by atoms with Crippen LogP contribution in [-0.2, 0) is 6.54 Å². The van der Waals surface area contributed by atoms with E-state index in [2.05, 4.69) is 21.0 Å². The molecule has 13 heteroatoms. The van der Waals surface area contributed by atoms with Crippen LogP contribution in [-0.4, -0.2) is 34.9 Å². The van der Waals surface area contributed by atoms with Gasteiger partial charge in [-0.15, -0.1) is 22.7 Å². The average Bonchev–Trinajstić information content (AvgIpc) is 3.62. The Labute approximate surface area is 223 Å². The topological polar surface area (TPSA) is 126 Å². The Hall–Kier alpha value is -3.38. The molecule has 0 aliphatic rings. The maximum absolute atomic E-state index is 12.5. The maximum Gasteiger partial charge on any atom is 0.281 e. The number of methoxy groups -OCH3 is 1. The summed E-state index contributed by atoms with van der Waals surface area (Å²) in [4.78, 5) is 26.2. The molecule has 0 spiro atoms. The summed E-state index contributed by atoms with van der Waals surface area (Å²) in [7, 11) is 1.46.